The van der Waals surface area contributed by atoms with Gasteiger partial charge in [0, 0.05) is 16.5 Å². The molecular formula is C22H16N4O. The van der Waals surface area contributed by atoms with Crippen LogP contribution < -0.4 is 4.74 Å². The third-order valence-electron chi connectivity index (χ3n) is 4.36. The zero-order valence-electron chi connectivity index (χ0n) is 14.7. The molecule has 27 heavy (non-hydrogen) atoms. The van der Waals surface area contributed by atoms with Gasteiger partial charge in [-0.3, -0.25) is 5.10 Å². The van der Waals surface area contributed by atoms with E-state index in [2.05, 4.69) is 21.3 Å². The smallest absolute Gasteiger partial charge is 0.156 e. The van der Waals surface area contributed by atoms with E-state index in [-0.39, 0.29) is 0 Å². The molecule has 0 spiro atoms. The van der Waals surface area contributed by atoms with Crippen LogP contribution in [0, 0.1) is 11.3 Å². The molecule has 0 saturated carbocycles. The Morgan fingerprint density at radius 2 is 1.81 bits per heavy atom. The predicted molar refractivity (Wildman–Crippen MR) is 106 cm³/mol. The van der Waals surface area contributed by atoms with Gasteiger partial charge in [0.1, 0.15) is 11.8 Å². The van der Waals surface area contributed by atoms with Crippen molar-refractivity contribution in [3.05, 3.63) is 77.5 Å². The fourth-order valence-corrected chi connectivity index (χ4v) is 2.98. The average molecular weight is 352 g/mol. The Hall–Kier alpha value is -3.91. The van der Waals surface area contributed by atoms with Crippen LogP contribution in [-0.4, -0.2) is 22.3 Å². The van der Waals surface area contributed by atoms with Crippen molar-refractivity contribution in [3.63, 3.8) is 0 Å². The molecule has 0 atom stereocenters. The number of H-pyrrole nitrogens is 1. The summed E-state index contributed by atoms with van der Waals surface area (Å²) in [5.74, 6) is 0.754. The monoisotopic (exact) mass is 352 g/mol. The minimum Gasteiger partial charge on any atom is -0.497 e. The number of benzene rings is 2. The number of hydrogen-bond donors (Lipinski definition) is 1. The van der Waals surface area contributed by atoms with Gasteiger partial charge in [-0.05, 0) is 29.8 Å². The van der Waals surface area contributed by atoms with Crippen LogP contribution in [0.3, 0.4) is 0 Å². The molecule has 0 fully saturated rings. The first kappa shape index (κ1) is 16.6. The number of aromatic nitrogens is 3. The highest BCUT2D eigenvalue weighted by atomic mass is 16.5. The van der Waals surface area contributed by atoms with Gasteiger partial charge >= 0.3 is 0 Å². The van der Waals surface area contributed by atoms with Crippen LogP contribution in [0.4, 0.5) is 0 Å². The van der Waals surface area contributed by atoms with Gasteiger partial charge in [-0.2, -0.15) is 10.4 Å². The van der Waals surface area contributed by atoms with Crippen LogP contribution in [-0.2, 0) is 0 Å². The first-order valence-corrected chi connectivity index (χ1v) is 8.45. The molecular weight excluding hydrogens is 336 g/mol. The number of hydrogen-bond acceptors (Lipinski definition) is 4. The Balaban J connectivity index is 1.90. The van der Waals surface area contributed by atoms with Gasteiger partial charge in [-0.1, -0.05) is 42.5 Å². The van der Waals surface area contributed by atoms with Crippen molar-refractivity contribution >= 4 is 23.2 Å². The van der Waals surface area contributed by atoms with E-state index in [4.69, 9.17) is 4.74 Å². The molecule has 0 aliphatic heterocycles. The standard InChI is InChI=1S/C22H16N4O/c1-27-17-10-8-16(9-11-17)21-19(13-23)18(20-14-24-26-22(20)25-21)12-7-15-5-3-2-4-6-15/h2-12,14H,1H3,(H,24,25,26)/b12-7+. The molecule has 5 heteroatoms. The lowest BCUT2D eigenvalue weighted by Crippen LogP contribution is -1.95. The summed E-state index contributed by atoms with van der Waals surface area (Å²) in [6.45, 7) is 0. The molecule has 1 N–H and O–H groups in total. The van der Waals surface area contributed by atoms with Crippen molar-refractivity contribution < 1.29 is 4.74 Å². The van der Waals surface area contributed by atoms with Crippen molar-refractivity contribution in [1.82, 2.24) is 15.2 Å². The topological polar surface area (TPSA) is 74.6 Å². The molecule has 0 bridgehead atoms. The summed E-state index contributed by atoms with van der Waals surface area (Å²) in [5.41, 5.74) is 4.48. The number of pyridine rings is 1. The van der Waals surface area contributed by atoms with Crippen molar-refractivity contribution in [3.8, 4) is 23.1 Å². The Morgan fingerprint density at radius 1 is 1.04 bits per heavy atom. The Labute approximate surface area is 156 Å². The molecule has 2 aromatic carbocycles. The lowest BCUT2D eigenvalue weighted by molar-refractivity contribution is 0.415. The largest absolute Gasteiger partial charge is 0.497 e. The van der Waals surface area contributed by atoms with Crippen molar-refractivity contribution in [1.29, 1.82) is 5.26 Å². The second-order valence-electron chi connectivity index (χ2n) is 5.97. The van der Waals surface area contributed by atoms with Gasteiger partial charge in [0.15, 0.2) is 5.65 Å². The van der Waals surface area contributed by atoms with E-state index in [0.717, 1.165) is 27.8 Å². The van der Waals surface area contributed by atoms with Gasteiger partial charge in [0.25, 0.3) is 0 Å². The number of aromatic amines is 1. The summed E-state index contributed by atoms with van der Waals surface area (Å²) in [6.07, 6.45) is 5.63. The Kier molecular flexibility index (Phi) is 4.38. The summed E-state index contributed by atoms with van der Waals surface area (Å²) < 4.78 is 5.22. The van der Waals surface area contributed by atoms with E-state index >= 15 is 0 Å². The van der Waals surface area contributed by atoms with Crippen molar-refractivity contribution in [2.75, 3.05) is 7.11 Å². The zero-order valence-corrected chi connectivity index (χ0v) is 14.7. The predicted octanol–water partition coefficient (Wildman–Crippen LogP) is 4.68. The quantitative estimate of drug-likeness (QED) is 0.579. The molecule has 4 rings (SSSR count). The fourth-order valence-electron chi connectivity index (χ4n) is 2.98. The first-order chi connectivity index (χ1) is 13.3. The van der Waals surface area contributed by atoms with Crippen LogP contribution in [0.1, 0.15) is 16.7 Å². The van der Waals surface area contributed by atoms with Gasteiger partial charge in [-0.15, -0.1) is 0 Å². The van der Waals surface area contributed by atoms with E-state index < -0.39 is 0 Å². The highest BCUT2D eigenvalue weighted by Gasteiger charge is 2.16. The Morgan fingerprint density at radius 3 is 2.52 bits per heavy atom. The summed E-state index contributed by atoms with van der Waals surface area (Å²) in [7, 11) is 1.62. The second-order valence-corrected chi connectivity index (χ2v) is 5.97. The van der Waals surface area contributed by atoms with Gasteiger partial charge in [0.2, 0.25) is 0 Å². The minimum atomic E-state index is 0.515. The van der Waals surface area contributed by atoms with Crippen LogP contribution in [0.2, 0.25) is 0 Å². The molecule has 0 aliphatic rings. The van der Waals surface area contributed by atoms with Gasteiger partial charge in [-0.25, -0.2) is 4.98 Å². The first-order valence-electron chi connectivity index (χ1n) is 8.45. The van der Waals surface area contributed by atoms with Crippen LogP contribution in [0.15, 0.2) is 60.8 Å². The maximum atomic E-state index is 9.88. The highest BCUT2D eigenvalue weighted by Crippen LogP contribution is 2.31. The third kappa shape index (κ3) is 3.16. The van der Waals surface area contributed by atoms with E-state index in [1.807, 2.05) is 66.7 Å². The highest BCUT2D eigenvalue weighted by molar-refractivity contribution is 5.94. The average Bonchev–Trinajstić information content (AvgIpc) is 3.20. The summed E-state index contributed by atoms with van der Waals surface area (Å²) in [6, 6.07) is 19.8. The minimum absolute atomic E-state index is 0.515. The zero-order chi connectivity index (χ0) is 18.6. The van der Waals surface area contributed by atoms with Crippen LogP contribution >= 0.6 is 0 Å². The summed E-state index contributed by atoms with van der Waals surface area (Å²) in [5, 5.41) is 17.7. The molecule has 0 aliphatic carbocycles. The molecule has 2 heterocycles. The molecule has 0 unspecified atom stereocenters. The number of fused-ring (bicyclic) bond motifs is 1. The van der Waals surface area contributed by atoms with Crippen LogP contribution in [0.25, 0.3) is 34.4 Å². The van der Waals surface area contributed by atoms with E-state index in [1.54, 1.807) is 13.3 Å². The molecule has 2 aromatic heterocycles. The lowest BCUT2D eigenvalue weighted by atomic mass is 9.98. The van der Waals surface area contributed by atoms with Gasteiger partial charge < -0.3 is 4.74 Å². The number of nitrogens with zero attached hydrogens (tertiary/aromatic N) is 3. The molecule has 4 aromatic rings. The Bertz CT molecular complexity index is 1150. The molecule has 0 radical (unpaired) electrons. The molecule has 130 valence electrons. The van der Waals surface area contributed by atoms with E-state index in [9.17, 15) is 5.26 Å². The third-order valence-corrected chi connectivity index (χ3v) is 4.36. The van der Waals surface area contributed by atoms with Crippen molar-refractivity contribution in [2.24, 2.45) is 0 Å². The summed E-state index contributed by atoms with van der Waals surface area (Å²) in [4.78, 5) is 4.63. The molecule has 0 amide bonds. The normalized spacial score (nSPS) is 11.0. The lowest BCUT2D eigenvalue weighted by Gasteiger charge is -2.09. The van der Waals surface area contributed by atoms with E-state index in [1.165, 1.54) is 0 Å². The van der Waals surface area contributed by atoms with Crippen molar-refractivity contribution in [2.45, 2.75) is 0 Å². The van der Waals surface area contributed by atoms with E-state index in [0.29, 0.717) is 16.9 Å². The fraction of sp³-hybridized carbons (Fsp3) is 0.0455. The second kappa shape index (κ2) is 7.14. The molecule has 5 nitrogen and oxygen atoms in total. The number of ether oxygens (including phenoxy) is 1. The van der Waals surface area contributed by atoms with Crippen LogP contribution in [0.5, 0.6) is 5.75 Å². The SMILES string of the molecule is COc1ccc(-c2nc3[nH]ncc3c(/C=C/c3ccccc3)c2C#N)cc1. The number of nitriles is 1. The maximum absolute atomic E-state index is 9.88. The number of nitrogens with one attached hydrogen (secondary N) is 1. The number of methoxy groups -OCH3 is 1. The maximum Gasteiger partial charge on any atom is 0.156 e. The van der Waals surface area contributed by atoms with Gasteiger partial charge in [0.05, 0.1) is 24.6 Å². The summed E-state index contributed by atoms with van der Waals surface area (Å²) >= 11 is 0. The molecule has 0 saturated heterocycles. The number of rotatable bonds is 4.